The van der Waals surface area contributed by atoms with Crippen molar-refractivity contribution in [2.75, 3.05) is 5.32 Å². The van der Waals surface area contributed by atoms with Gasteiger partial charge in [-0.15, -0.1) is 0 Å². The Morgan fingerprint density at radius 1 is 1.08 bits per heavy atom. The summed E-state index contributed by atoms with van der Waals surface area (Å²) < 4.78 is 64.2. The van der Waals surface area contributed by atoms with Gasteiger partial charge in [0.25, 0.3) is 10.0 Å². The van der Waals surface area contributed by atoms with E-state index < -0.39 is 32.8 Å². The highest BCUT2D eigenvalue weighted by Gasteiger charge is 2.33. The fraction of sp³-hybridized carbons (Fsp3) is 0.133. The van der Waals surface area contributed by atoms with Gasteiger partial charge >= 0.3 is 12.2 Å². The number of hydrogen-bond acceptors (Lipinski definition) is 3. The van der Waals surface area contributed by atoms with Crippen LogP contribution in [0.2, 0.25) is 5.02 Å². The summed E-state index contributed by atoms with van der Waals surface area (Å²) in [6.45, 7) is 1.76. The zero-order valence-electron chi connectivity index (χ0n) is 12.7. The van der Waals surface area contributed by atoms with E-state index in [9.17, 15) is 26.4 Å². The molecular formula is C15H12ClF3N2O3S. The number of carbonyl (C=O) groups excluding carboxylic acids is 1. The number of urea groups is 1. The summed E-state index contributed by atoms with van der Waals surface area (Å²) in [6.07, 6.45) is -4.71. The van der Waals surface area contributed by atoms with Crippen LogP contribution in [0.4, 0.5) is 23.7 Å². The molecule has 0 aliphatic carbocycles. The largest absolute Gasteiger partial charge is 0.417 e. The maximum absolute atomic E-state index is 12.8. The molecule has 2 rings (SSSR count). The number of carbonyl (C=O) groups is 1. The number of nitrogens with one attached hydrogen (secondary N) is 2. The van der Waals surface area contributed by atoms with E-state index in [1.54, 1.807) is 23.8 Å². The lowest BCUT2D eigenvalue weighted by Gasteiger charge is -2.12. The summed E-state index contributed by atoms with van der Waals surface area (Å²) in [6, 6.07) is 7.17. The van der Waals surface area contributed by atoms with Crippen LogP contribution in [0.5, 0.6) is 0 Å². The van der Waals surface area contributed by atoms with Gasteiger partial charge in [0.1, 0.15) is 0 Å². The molecule has 2 aromatic rings. The molecule has 0 fully saturated rings. The summed E-state index contributed by atoms with van der Waals surface area (Å²) in [5.41, 5.74) is -0.578. The fourth-order valence-electron chi connectivity index (χ4n) is 1.88. The van der Waals surface area contributed by atoms with Gasteiger partial charge in [0.15, 0.2) is 0 Å². The molecule has 5 nitrogen and oxygen atoms in total. The summed E-state index contributed by atoms with van der Waals surface area (Å²) in [4.78, 5) is 11.6. The highest BCUT2D eigenvalue weighted by atomic mass is 35.5. The van der Waals surface area contributed by atoms with E-state index in [1.165, 1.54) is 12.1 Å². The first-order chi connectivity index (χ1) is 11.5. The number of rotatable bonds is 3. The third kappa shape index (κ3) is 4.86. The second-order valence-electron chi connectivity index (χ2n) is 5.07. The molecule has 0 heterocycles. The standard InChI is InChI=1S/C15H12ClF3N2O3S/c1-9-2-5-11(6-3-9)25(23,24)21-14(22)20-10-4-7-13(16)12(8-10)15(17,18)19/h2-8H,1H3,(H2,20,21,22). The normalized spacial score (nSPS) is 11.9. The highest BCUT2D eigenvalue weighted by molar-refractivity contribution is 7.90. The molecule has 2 amide bonds. The first-order valence-electron chi connectivity index (χ1n) is 6.76. The van der Waals surface area contributed by atoms with Crippen LogP contribution in [0, 0.1) is 6.92 Å². The molecule has 2 N–H and O–H groups in total. The first-order valence-corrected chi connectivity index (χ1v) is 8.62. The van der Waals surface area contributed by atoms with Crippen molar-refractivity contribution in [1.29, 1.82) is 0 Å². The first kappa shape index (κ1) is 19.1. The molecular weight excluding hydrogens is 381 g/mol. The monoisotopic (exact) mass is 392 g/mol. The Kier molecular flexibility index (Phi) is 5.28. The van der Waals surface area contributed by atoms with Crippen molar-refractivity contribution in [3.8, 4) is 0 Å². The highest BCUT2D eigenvalue weighted by Crippen LogP contribution is 2.36. The zero-order valence-corrected chi connectivity index (χ0v) is 14.3. The minimum absolute atomic E-state index is 0.152. The second-order valence-corrected chi connectivity index (χ2v) is 7.15. The number of sulfonamides is 1. The molecule has 0 aliphatic heterocycles. The molecule has 0 aliphatic rings. The molecule has 10 heteroatoms. The quantitative estimate of drug-likeness (QED) is 0.822. The lowest BCUT2D eigenvalue weighted by atomic mass is 10.2. The molecule has 0 unspecified atom stereocenters. The van der Waals surface area contributed by atoms with Crippen molar-refractivity contribution < 1.29 is 26.4 Å². The minimum Gasteiger partial charge on any atom is -0.307 e. The number of amides is 2. The van der Waals surface area contributed by atoms with E-state index in [2.05, 4.69) is 0 Å². The van der Waals surface area contributed by atoms with Crippen LogP contribution in [-0.4, -0.2) is 14.4 Å². The van der Waals surface area contributed by atoms with E-state index in [0.29, 0.717) is 6.07 Å². The number of anilines is 1. The summed E-state index contributed by atoms with van der Waals surface area (Å²) in [5, 5.41) is 1.49. The number of benzene rings is 2. The van der Waals surface area contributed by atoms with Crippen molar-refractivity contribution in [2.45, 2.75) is 18.0 Å². The Labute approximate surface area is 146 Å². The Morgan fingerprint density at radius 3 is 2.24 bits per heavy atom. The van der Waals surface area contributed by atoms with E-state index in [-0.39, 0.29) is 10.6 Å². The molecule has 2 aromatic carbocycles. The van der Waals surface area contributed by atoms with E-state index in [0.717, 1.165) is 17.7 Å². The molecule has 0 bridgehead atoms. The third-order valence-electron chi connectivity index (χ3n) is 3.09. The van der Waals surface area contributed by atoms with E-state index in [1.807, 2.05) is 5.32 Å². The Hall–Kier alpha value is -2.26. The average Bonchev–Trinajstić information content (AvgIpc) is 2.48. The smallest absolute Gasteiger partial charge is 0.307 e. The SMILES string of the molecule is Cc1ccc(S(=O)(=O)NC(=O)Nc2ccc(Cl)c(C(F)(F)F)c2)cc1. The van der Waals surface area contributed by atoms with Gasteiger partial charge < -0.3 is 5.32 Å². The number of hydrogen-bond donors (Lipinski definition) is 2. The van der Waals surface area contributed by atoms with Crippen molar-refractivity contribution in [2.24, 2.45) is 0 Å². The van der Waals surface area contributed by atoms with Crippen molar-refractivity contribution in [3.05, 3.63) is 58.6 Å². The van der Waals surface area contributed by atoms with Crippen LogP contribution in [0.3, 0.4) is 0 Å². The van der Waals surface area contributed by atoms with Crippen molar-refractivity contribution in [1.82, 2.24) is 4.72 Å². The van der Waals surface area contributed by atoms with Gasteiger partial charge in [0, 0.05) is 5.69 Å². The summed E-state index contributed by atoms with van der Waals surface area (Å²) in [5.74, 6) is 0. The fourth-order valence-corrected chi connectivity index (χ4v) is 3.01. The molecule has 0 saturated carbocycles. The van der Waals surface area contributed by atoms with Gasteiger partial charge in [-0.3, -0.25) is 0 Å². The molecule has 0 saturated heterocycles. The van der Waals surface area contributed by atoms with Gasteiger partial charge in [-0.1, -0.05) is 29.3 Å². The number of alkyl halides is 3. The van der Waals surface area contributed by atoms with Crippen LogP contribution < -0.4 is 10.0 Å². The van der Waals surface area contributed by atoms with Crippen LogP contribution in [0.15, 0.2) is 47.4 Å². The lowest BCUT2D eigenvalue weighted by molar-refractivity contribution is -0.137. The van der Waals surface area contributed by atoms with Crippen LogP contribution >= 0.6 is 11.6 Å². The molecule has 0 radical (unpaired) electrons. The average molecular weight is 393 g/mol. The molecule has 25 heavy (non-hydrogen) atoms. The third-order valence-corrected chi connectivity index (χ3v) is 4.76. The van der Waals surface area contributed by atoms with E-state index >= 15 is 0 Å². The van der Waals surface area contributed by atoms with Gasteiger partial charge in [-0.2, -0.15) is 13.2 Å². The second kappa shape index (κ2) is 6.93. The topological polar surface area (TPSA) is 75.3 Å². The predicted molar refractivity (Wildman–Crippen MR) is 87.0 cm³/mol. The molecule has 0 atom stereocenters. The Morgan fingerprint density at radius 2 is 1.68 bits per heavy atom. The van der Waals surface area contributed by atoms with Crippen molar-refractivity contribution in [3.63, 3.8) is 0 Å². The summed E-state index contributed by atoms with van der Waals surface area (Å²) in [7, 11) is -4.15. The summed E-state index contributed by atoms with van der Waals surface area (Å²) >= 11 is 5.47. The predicted octanol–water partition coefficient (Wildman–Crippen LogP) is 4.18. The zero-order chi connectivity index (χ0) is 18.8. The number of halogens is 4. The maximum Gasteiger partial charge on any atom is 0.417 e. The minimum atomic E-state index is -4.71. The molecule has 0 aromatic heterocycles. The molecule has 134 valence electrons. The molecule has 0 spiro atoms. The Bertz CT molecular complexity index is 897. The van der Waals surface area contributed by atoms with Gasteiger partial charge in [0.2, 0.25) is 0 Å². The van der Waals surface area contributed by atoms with Crippen LogP contribution in [0.1, 0.15) is 11.1 Å². The van der Waals surface area contributed by atoms with Crippen LogP contribution in [-0.2, 0) is 16.2 Å². The van der Waals surface area contributed by atoms with Gasteiger partial charge in [-0.05, 0) is 37.3 Å². The van der Waals surface area contributed by atoms with Gasteiger partial charge in [0.05, 0.1) is 15.5 Å². The number of aryl methyl sites for hydroxylation is 1. The lowest BCUT2D eigenvalue weighted by Crippen LogP contribution is -2.34. The Balaban J connectivity index is 2.16. The van der Waals surface area contributed by atoms with Crippen molar-refractivity contribution >= 4 is 33.3 Å². The van der Waals surface area contributed by atoms with Crippen LogP contribution in [0.25, 0.3) is 0 Å². The maximum atomic E-state index is 12.8. The van der Waals surface area contributed by atoms with Gasteiger partial charge in [-0.25, -0.2) is 17.9 Å². The van der Waals surface area contributed by atoms with E-state index in [4.69, 9.17) is 11.6 Å².